The summed E-state index contributed by atoms with van der Waals surface area (Å²) in [6.07, 6.45) is 1.02. The van der Waals surface area contributed by atoms with Gasteiger partial charge < -0.3 is 14.4 Å². The minimum atomic E-state index is -3.94. The van der Waals surface area contributed by atoms with Crippen molar-refractivity contribution in [3.05, 3.63) is 36.4 Å². The summed E-state index contributed by atoms with van der Waals surface area (Å²) >= 11 is 0.959. The van der Waals surface area contributed by atoms with Gasteiger partial charge in [0, 0.05) is 19.7 Å². The van der Waals surface area contributed by atoms with Gasteiger partial charge in [0.25, 0.3) is 0 Å². The van der Waals surface area contributed by atoms with Crippen LogP contribution in [-0.4, -0.2) is 61.2 Å². The Morgan fingerprint density at radius 3 is 2.74 bits per heavy atom. The molecule has 11 heteroatoms. The second kappa shape index (κ2) is 8.40. The number of aromatic nitrogens is 2. The van der Waals surface area contributed by atoms with Gasteiger partial charge in [0.1, 0.15) is 33.5 Å². The van der Waals surface area contributed by atoms with Crippen LogP contribution in [0.2, 0.25) is 0 Å². The molecule has 1 aliphatic rings. The smallest absolute Gasteiger partial charge is 0.246 e. The second-order valence-corrected chi connectivity index (χ2v) is 9.48. The van der Waals surface area contributed by atoms with Gasteiger partial charge in [-0.3, -0.25) is 4.79 Å². The lowest BCUT2D eigenvalue weighted by Gasteiger charge is -2.28. The molecule has 2 heterocycles. The molecule has 1 atom stereocenters. The molecule has 9 nitrogen and oxygen atoms in total. The van der Waals surface area contributed by atoms with Gasteiger partial charge in [0.2, 0.25) is 15.9 Å². The van der Waals surface area contributed by atoms with Crippen LogP contribution in [-0.2, 0) is 14.8 Å². The number of hydrogen-bond donors (Lipinski definition) is 0. The fourth-order valence-corrected chi connectivity index (χ4v) is 6.20. The van der Waals surface area contributed by atoms with E-state index in [-0.39, 0.29) is 17.3 Å². The van der Waals surface area contributed by atoms with Gasteiger partial charge >= 0.3 is 0 Å². The highest BCUT2D eigenvalue weighted by atomic mass is 32.2. The number of likely N-dealkylation sites (N-methyl/N-ethyl adjacent to an activating group) is 1. The minimum absolute atomic E-state index is 0.0695. The zero-order chi connectivity index (χ0) is 22.2. The van der Waals surface area contributed by atoms with Crippen molar-refractivity contribution in [2.45, 2.75) is 23.8 Å². The first-order valence-electron chi connectivity index (χ1n) is 9.61. The molecule has 1 saturated heterocycles. The van der Waals surface area contributed by atoms with Crippen molar-refractivity contribution in [2.75, 3.05) is 32.7 Å². The predicted molar refractivity (Wildman–Crippen MR) is 117 cm³/mol. The zero-order valence-corrected chi connectivity index (χ0v) is 18.9. The third kappa shape index (κ3) is 3.73. The molecule has 4 rings (SSSR count). The number of benzene rings is 2. The first-order chi connectivity index (χ1) is 14.9. The second-order valence-electron chi connectivity index (χ2n) is 7.10. The molecule has 0 N–H and O–H groups in total. The van der Waals surface area contributed by atoms with Gasteiger partial charge in [-0.1, -0.05) is 6.07 Å². The molecule has 2 aromatic carbocycles. The van der Waals surface area contributed by atoms with Crippen LogP contribution >= 0.6 is 11.7 Å². The fourth-order valence-electron chi connectivity index (χ4n) is 3.79. The number of amides is 1. The quantitative estimate of drug-likeness (QED) is 0.555. The lowest BCUT2D eigenvalue weighted by atomic mass is 10.2. The van der Waals surface area contributed by atoms with Gasteiger partial charge in [0.15, 0.2) is 0 Å². The molecular formula is C20H22N4O5S2. The third-order valence-electron chi connectivity index (χ3n) is 5.40. The van der Waals surface area contributed by atoms with Gasteiger partial charge in [0.05, 0.1) is 31.6 Å². The van der Waals surface area contributed by atoms with Crippen molar-refractivity contribution in [1.29, 1.82) is 0 Å². The van der Waals surface area contributed by atoms with Gasteiger partial charge in [-0.25, -0.2) is 8.42 Å². The Morgan fingerprint density at radius 2 is 2.00 bits per heavy atom. The molecule has 0 aliphatic carbocycles. The average molecular weight is 463 g/mol. The van der Waals surface area contributed by atoms with Gasteiger partial charge in [-0.15, -0.1) is 0 Å². The van der Waals surface area contributed by atoms with Crippen LogP contribution < -0.4 is 14.4 Å². The number of carbonyl (C=O) groups excluding carboxylic acids is 1. The largest absolute Gasteiger partial charge is 0.497 e. The number of methoxy groups -OCH3 is 2. The maximum atomic E-state index is 13.5. The zero-order valence-electron chi connectivity index (χ0n) is 17.3. The molecule has 0 spiro atoms. The maximum Gasteiger partial charge on any atom is 0.246 e. The first-order valence-corrected chi connectivity index (χ1v) is 11.8. The summed E-state index contributed by atoms with van der Waals surface area (Å²) in [6, 6.07) is 9.16. The van der Waals surface area contributed by atoms with E-state index in [1.807, 2.05) is 0 Å². The number of anilines is 1. The van der Waals surface area contributed by atoms with Crippen LogP contribution in [0.15, 0.2) is 41.3 Å². The Bertz CT molecular complexity index is 1230. The molecule has 164 valence electrons. The van der Waals surface area contributed by atoms with E-state index in [2.05, 4.69) is 8.75 Å². The molecule has 31 heavy (non-hydrogen) atoms. The van der Waals surface area contributed by atoms with Crippen molar-refractivity contribution >= 4 is 44.4 Å². The van der Waals surface area contributed by atoms with Crippen LogP contribution in [0.1, 0.15) is 12.8 Å². The van der Waals surface area contributed by atoms with Crippen LogP contribution in [0, 0.1) is 0 Å². The van der Waals surface area contributed by atoms with E-state index in [1.54, 1.807) is 37.4 Å². The van der Waals surface area contributed by atoms with E-state index in [1.165, 1.54) is 29.5 Å². The van der Waals surface area contributed by atoms with Crippen LogP contribution in [0.4, 0.5) is 5.69 Å². The van der Waals surface area contributed by atoms with Crippen molar-refractivity contribution < 1.29 is 22.7 Å². The molecular weight excluding hydrogens is 440 g/mol. The van der Waals surface area contributed by atoms with Crippen LogP contribution in [0.5, 0.6) is 11.5 Å². The number of nitrogens with zero attached hydrogens (tertiary/aromatic N) is 4. The molecule has 1 aliphatic heterocycles. The van der Waals surface area contributed by atoms with Crippen molar-refractivity contribution in [3.63, 3.8) is 0 Å². The van der Waals surface area contributed by atoms with Crippen molar-refractivity contribution in [3.8, 4) is 11.5 Å². The predicted octanol–water partition coefficient (Wildman–Crippen LogP) is 2.52. The van der Waals surface area contributed by atoms with E-state index in [4.69, 9.17) is 9.47 Å². The topological polar surface area (TPSA) is 102 Å². The number of ether oxygens (including phenoxy) is 2. The van der Waals surface area contributed by atoms with E-state index < -0.39 is 16.1 Å². The van der Waals surface area contributed by atoms with E-state index in [9.17, 15) is 13.2 Å². The molecule has 0 radical (unpaired) electrons. The summed E-state index contributed by atoms with van der Waals surface area (Å²) in [5.74, 6) is 0.715. The normalized spacial score (nSPS) is 17.1. The number of rotatable bonds is 6. The number of sulfonamides is 1. The summed E-state index contributed by atoms with van der Waals surface area (Å²) in [4.78, 5) is 14.9. The highest BCUT2D eigenvalue weighted by Gasteiger charge is 2.42. The summed E-state index contributed by atoms with van der Waals surface area (Å²) in [6.45, 7) is 0.260. The maximum absolute atomic E-state index is 13.5. The van der Waals surface area contributed by atoms with E-state index in [0.717, 1.165) is 11.7 Å². The fraction of sp³-hybridized carbons (Fsp3) is 0.350. The standard InChI is InChI=1S/C20H22N4O5S2/c1-23(16-12-13(28-2)9-10-17(16)29-3)20(25)15-7-5-11-24(15)31(26,27)18-8-4-6-14-19(18)22-30-21-14/h4,6,8-10,12,15H,5,7,11H2,1-3H3/t15-/m0/s1. The number of fused-ring (bicyclic) bond motifs is 1. The molecule has 1 fully saturated rings. The number of carbonyl (C=O) groups is 1. The lowest BCUT2D eigenvalue weighted by molar-refractivity contribution is -0.121. The Morgan fingerprint density at radius 1 is 1.19 bits per heavy atom. The Balaban J connectivity index is 1.68. The monoisotopic (exact) mass is 462 g/mol. The molecule has 0 unspecified atom stereocenters. The summed E-state index contributed by atoms with van der Waals surface area (Å²) < 4.78 is 47.2. The SMILES string of the molecule is COc1ccc(OC)c(N(C)C(=O)[C@@H]2CCCN2S(=O)(=O)c2cccc3nsnc23)c1. The Kier molecular flexibility index (Phi) is 5.82. The highest BCUT2D eigenvalue weighted by molar-refractivity contribution is 7.89. The molecule has 3 aromatic rings. The van der Waals surface area contributed by atoms with Crippen molar-refractivity contribution in [1.82, 2.24) is 13.1 Å². The van der Waals surface area contributed by atoms with Crippen molar-refractivity contribution in [2.24, 2.45) is 0 Å². The average Bonchev–Trinajstić information content (AvgIpc) is 3.47. The first kappa shape index (κ1) is 21.5. The third-order valence-corrected chi connectivity index (χ3v) is 7.88. The molecule has 0 bridgehead atoms. The summed E-state index contributed by atoms with van der Waals surface area (Å²) in [7, 11) is 0.712. The molecule has 1 aromatic heterocycles. The van der Waals surface area contributed by atoms with E-state index in [0.29, 0.717) is 41.1 Å². The van der Waals surface area contributed by atoms with Gasteiger partial charge in [-0.2, -0.15) is 13.1 Å². The van der Waals surface area contributed by atoms with Crippen LogP contribution in [0.3, 0.4) is 0 Å². The minimum Gasteiger partial charge on any atom is -0.497 e. The molecule has 0 saturated carbocycles. The lowest BCUT2D eigenvalue weighted by Crippen LogP contribution is -2.46. The van der Waals surface area contributed by atoms with E-state index >= 15 is 0 Å². The summed E-state index contributed by atoms with van der Waals surface area (Å²) in [5.41, 5.74) is 1.35. The molecule has 1 amide bonds. The number of hydrogen-bond acceptors (Lipinski definition) is 8. The Hall–Kier alpha value is -2.76. The summed E-state index contributed by atoms with van der Waals surface area (Å²) in [5, 5.41) is 0. The highest BCUT2D eigenvalue weighted by Crippen LogP contribution is 2.35. The Labute approximate surface area is 184 Å². The van der Waals surface area contributed by atoms with Gasteiger partial charge in [-0.05, 0) is 37.1 Å². The van der Waals surface area contributed by atoms with Crippen LogP contribution in [0.25, 0.3) is 11.0 Å².